The number of carbonyl (C=O) groups is 1. The molecular formula is C23H31F3N6O4S2. The number of azo groups is 1. The first-order valence-electron chi connectivity index (χ1n) is 12.5. The Morgan fingerprint density at radius 3 is 2.61 bits per heavy atom. The van der Waals surface area contributed by atoms with Gasteiger partial charge in [0.1, 0.15) is 5.69 Å². The number of anilines is 2. The molecule has 0 aliphatic carbocycles. The van der Waals surface area contributed by atoms with Crippen molar-refractivity contribution in [2.75, 3.05) is 22.8 Å². The van der Waals surface area contributed by atoms with E-state index in [1.807, 2.05) is 13.8 Å². The van der Waals surface area contributed by atoms with E-state index >= 15 is 0 Å². The van der Waals surface area contributed by atoms with Crippen LogP contribution in [0.1, 0.15) is 74.7 Å². The average molecular weight is 577 g/mol. The number of aryl methyl sites for hydroxylation is 1. The summed E-state index contributed by atoms with van der Waals surface area (Å²) >= 11 is 0.793. The highest BCUT2D eigenvalue weighted by Gasteiger charge is 2.46. The summed E-state index contributed by atoms with van der Waals surface area (Å²) in [5.74, 6) is -0.674. The van der Waals surface area contributed by atoms with Crippen LogP contribution in [0.4, 0.5) is 35.4 Å². The van der Waals surface area contributed by atoms with Crippen molar-refractivity contribution in [2.24, 2.45) is 10.2 Å². The Labute approximate surface area is 223 Å². The number of nitrogens with one attached hydrogen (secondary N) is 1. The van der Waals surface area contributed by atoms with Crippen LogP contribution in [0, 0.1) is 0 Å². The molecule has 2 aromatic rings. The molecule has 1 N–H and O–H groups in total. The average Bonchev–Trinajstić information content (AvgIpc) is 3.34. The van der Waals surface area contributed by atoms with Gasteiger partial charge in [-0.15, -0.1) is 20.4 Å². The maximum Gasteiger partial charge on any atom is 0.516 e. The van der Waals surface area contributed by atoms with Crippen LogP contribution < -0.4 is 9.62 Å². The van der Waals surface area contributed by atoms with Crippen molar-refractivity contribution in [1.29, 1.82) is 0 Å². The lowest BCUT2D eigenvalue weighted by molar-refractivity contribution is -0.0429. The number of rotatable bonds is 12. The quantitative estimate of drug-likeness (QED) is 0.174. The van der Waals surface area contributed by atoms with Crippen molar-refractivity contribution in [3.05, 3.63) is 22.7 Å². The van der Waals surface area contributed by atoms with Gasteiger partial charge < -0.3 is 9.64 Å². The number of benzene rings is 1. The Balaban J connectivity index is 2.00. The maximum atomic E-state index is 13.2. The Morgan fingerprint density at radius 1 is 1.18 bits per heavy atom. The lowest BCUT2D eigenvalue weighted by atomic mass is 9.93. The Morgan fingerprint density at radius 2 is 1.95 bits per heavy atom. The predicted octanol–water partition coefficient (Wildman–Crippen LogP) is 6.50. The van der Waals surface area contributed by atoms with Gasteiger partial charge in [0.2, 0.25) is 5.01 Å². The predicted molar refractivity (Wildman–Crippen MR) is 139 cm³/mol. The monoisotopic (exact) mass is 576 g/mol. The van der Waals surface area contributed by atoms with E-state index in [0.717, 1.165) is 49.0 Å². The highest BCUT2D eigenvalue weighted by Crippen LogP contribution is 2.41. The minimum atomic E-state index is -5.71. The fourth-order valence-electron chi connectivity index (χ4n) is 4.08. The second-order valence-electron chi connectivity index (χ2n) is 8.78. The minimum absolute atomic E-state index is 0.0389. The molecule has 15 heteroatoms. The lowest BCUT2D eigenvalue weighted by Gasteiger charge is -2.39. The molecule has 1 aromatic carbocycles. The second-order valence-corrected chi connectivity index (χ2v) is 11.4. The molecule has 1 aliphatic rings. The van der Waals surface area contributed by atoms with E-state index < -0.39 is 21.5 Å². The normalized spacial score (nSPS) is 16.1. The van der Waals surface area contributed by atoms with Gasteiger partial charge in [-0.05, 0) is 49.8 Å². The van der Waals surface area contributed by atoms with E-state index in [0.29, 0.717) is 25.1 Å². The number of carbonyl (C=O) groups excluding carboxylic acids is 1. The van der Waals surface area contributed by atoms with Crippen molar-refractivity contribution in [3.8, 4) is 0 Å². The highest BCUT2D eigenvalue weighted by atomic mass is 32.2. The summed E-state index contributed by atoms with van der Waals surface area (Å²) in [5.41, 5.74) is -4.47. The largest absolute Gasteiger partial charge is 0.516 e. The van der Waals surface area contributed by atoms with Crippen LogP contribution in [-0.4, -0.2) is 49.3 Å². The molecule has 1 aliphatic heterocycles. The van der Waals surface area contributed by atoms with Gasteiger partial charge in [-0.2, -0.15) is 21.6 Å². The molecular weight excluding hydrogens is 545 g/mol. The number of unbranched alkanes of at least 4 members (excludes halogenated alkanes) is 2. The van der Waals surface area contributed by atoms with Crippen molar-refractivity contribution in [1.82, 2.24) is 10.2 Å². The van der Waals surface area contributed by atoms with Gasteiger partial charge in [0.15, 0.2) is 0 Å². The molecule has 38 heavy (non-hydrogen) atoms. The van der Waals surface area contributed by atoms with Crippen LogP contribution in [0.2, 0.25) is 0 Å². The number of fused-ring (bicyclic) bond motifs is 1. The van der Waals surface area contributed by atoms with Crippen LogP contribution >= 0.6 is 11.3 Å². The summed E-state index contributed by atoms with van der Waals surface area (Å²) in [4.78, 5) is 14.1. The van der Waals surface area contributed by atoms with Crippen LogP contribution in [0.5, 0.6) is 0 Å². The molecule has 1 atom stereocenters. The third-order valence-electron chi connectivity index (χ3n) is 5.99. The smallest absolute Gasteiger partial charge is 0.460 e. The number of hydrogen-bond acceptors (Lipinski definition) is 10. The Kier molecular flexibility index (Phi) is 10.0. The molecule has 10 nitrogen and oxygen atoms in total. The van der Waals surface area contributed by atoms with E-state index in [2.05, 4.69) is 32.2 Å². The fourth-order valence-corrected chi connectivity index (χ4v) is 5.21. The molecule has 3 rings (SSSR count). The molecule has 210 valence electrons. The number of esters is 1. The zero-order valence-electron chi connectivity index (χ0n) is 21.4. The third-order valence-corrected chi connectivity index (χ3v) is 7.87. The topological polar surface area (TPSA) is 126 Å². The SMILES string of the molecule is CCCCCN1c2cc(NS(=O)(=O)C(F)(F)F)c(N=Nc3nnc(C(=O)OCCC)s3)cc2CCC1CC. The molecule has 0 amide bonds. The van der Waals surface area contributed by atoms with E-state index in [-0.39, 0.29) is 34.2 Å². The third kappa shape index (κ3) is 7.18. The second kappa shape index (κ2) is 12.8. The zero-order valence-corrected chi connectivity index (χ0v) is 23.0. The standard InChI is InChI=1S/C23H31F3N6O4S2/c1-4-7-8-11-32-16(6-3)10-9-15-13-17(18(14-19(15)32)31-38(34,35)23(24,25)26)27-29-22-30-28-20(37-22)21(33)36-12-5-2/h13-14,16,31H,4-12H2,1-3H3. The molecule has 0 spiro atoms. The minimum Gasteiger partial charge on any atom is -0.460 e. The molecule has 1 aromatic heterocycles. The number of alkyl halides is 3. The molecule has 1 unspecified atom stereocenters. The Hall–Kier alpha value is -2.81. The number of halogens is 3. The Bertz CT molecular complexity index is 1250. The van der Waals surface area contributed by atoms with E-state index in [1.54, 1.807) is 10.8 Å². The first-order chi connectivity index (χ1) is 18.0. The first kappa shape index (κ1) is 29.7. The lowest BCUT2D eigenvalue weighted by Crippen LogP contribution is -2.39. The summed E-state index contributed by atoms with van der Waals surface area (Å²) in [6, 6.07) is 3.13. The van der Waals surface area contributed by atoms with Gasteiger partial charge in [-0.1, -0.05) is 44.9 Å². The van der Waals surface area contributed by atoms with Gasteiger partial charge in [0.25, 0.3) is 5.13 Å². The summed E-state index contributed by atoms with van der Waals surface area (Å²) in [6.07, 6.45) is 5.88. The summed E-state index contributed by atoms with van der Waals surface area (Å²) in [7, 11) is -5.71. The van der Waals surface area contributed by atoms with Gasteiger partial charge in [0.05, 0.1) is 12.3 Å². The number of aromatic nitrogens is 2. The molecule has 0 bridgehead atoms. The maximum absolute atomic E-state index is 13.2. The number of ether oxygens (including phenoxy) is 1. The molecule has 0 saturated heterocycles. The first-order valence-corrected chi connectivity index (χ1v) is 14.8. The van der Waals surface area contributed by atoms with Gasteiger partial charge in [-0.3, -0.25) is 4.72 Å². The summed E-state index contributed by atoms with van der Waals surface area (Å²) < 4.78 is 70.3. The van der Waals surface area contributed by atoms with Gasteiger partial charge >= 0.3 is 21.5 Å². The van der Waals surface area contributed by atoms with Crippen LogP contribution in [0.3, 0.4) is 0 Å². The van der Waals surface area contributed by atoms with E-state index in [1.165, 1.54) is 6.07 Å². The summed E-state index contributed by atoms with van der Waals surface area (Å²) in [5, 5.41) is 15.3. The number of sulfonamides is 1. The molecule has 0 fully saturated rings. The zero-order chi connectivity index (χ0) is 27.9. The van der Waals surface area contributed by atoms with Gasteiger partial charge in [-0.25, -0.2) is 4.79 Å². The molecule has 2 heterocycles. The van der Waals surface area contributed by atoms with Crippen LogP contribution in [0.15, 0.2) is 22.4 Å². The van der Waals surface area contributed by atoms with Crippen LogP contribution in [-0.2, 0) is 21.2 Å². The van der Waals surface area contributed by atoms with Crippen molar-refractivity contribution in [2.45, 2.75) is 77.3 Å². The van der Waals surface area contributed by atoms with E-state index in [9.17, 15) is 26.4 Å². The molecule has 0 radical (unpaired) electrons. The van der Waals surface area contributed by atoms with Crippen LogP contribution in [0.25, 0.3) is 0 Å². The highest BCUT2D eigenvalue weighted by molar-refractivity contribution is 7.93. The number of hydrogen-bond donors (Lipinski definition) is 1. The van der Waals surface area contributed by atoms with Crippen molar-refractivity contribution >= 4 is 49.5 Å². The van der Waals surface area contributed by atoms with E-state index in [4.69, 9.17) is 4.74 Å². The fraction of sp³-hybridized carbons (Fsp3) is 0.609. The van der Waals surface area contributed by atoms with Crippen molar-refractivity contribution < 1.29 is 31.1 Å². The molecule has 0 saturated carbocycles. The number of nitrogens with zero attached hydrogens (tertiary/aromatic N) is 5. The van der Waals surface area contributed by atoms with Crippen molar-refractivity contribution in [3.63, 3.8) is 0 Å². The summed E-state index contributed by atoms with van der Waals surface area (Å²) in [6.45, 7) is 6.88. The van der Waals surface area contributed by atoms with Gasteiger partial charge in [0, 0.05) is 18.3 Å².